The fraction of sp³-hybridized carbons (Fsp3) is 0.217. The van der Waals surface area contributed by atoms with Crippen LogP contribution in [0, 0.1) is 53.8 Å². The summed E-state index contributed by atoms with van der Waals surface area (Å²) in [4.78, 5) is 0. The van der Waals surface area contributed by atoms with Gasteiger partial charge in [0.25, 0.3) is 0 Å². The molecule has 0 aromatic heterocycles. The summed E-state index contributed by atoms with van der Waals surface area (Å²) in [6.45, 7) is 10.2. The standard InChI is InChI=1S/2C10H9.C3H10NSi.Gd/c2*1-8-6-9-4-2-3-5-10(9)7-8;1-5(2,3)4;/h2*2-7H,1H3;4H,1-3H3;/q3*-1;+3. The molecule has 4 rings (SSSR count). The van der Waals surface area contributed by atoms with Gasteiger partial charge in [0.05, 0.1) is 0 Å². The Morgan fingerprint density at radius 3 is 1.31 bits per heavy atom. The molecule has 1 N–H and O–H groups in total. The third kappa shape index (κ3) is 8.24. The van der Waals surface area contributed by atoms with Crippen molar-refractivity contribution in [3.63, 3.8) is 0 Å². The predicted molar refractivity (Wildman–Crippen MR) is 116 cm³/mol. The smallest absolute Gasteiger partial charge is 0.680 e. The van der Waals surface area contributed by atoms with Crippen LogP contribution >= 0.6 is 0 Å². The molecule has 0 saturated carbocycles. The molecule has 0 heterocycles. The molecule has 0 bridgehead atoms. The Bertz CT molecular complexity index is 784. The number of hydrogen-bond acceptors (Lipinski definition) is 0. The van der Waals surface area contributed by atoms with E-state index in [2.05, 4.69) is 86.6 Å². The molecule has 1 radical (unpaired) electrons. The van der Waals surface area contributed by atoms with Crippen molar-refractivity contribution in [2.75, 3.05) is 0 Å². The molecule has 0 unspecified atom stereocenters. The first-order valence-electron chi connectivity index (χ1n) is 8.71. The minimum absolute atomic E-state index is 0. The molecule has 1 nitrogen and oxygen atoms in total. The maximum absolute atomic E-state index is 7.08. The summed E-state index contributed by atoms with van der Waals surface area (Å²) in [6, 6.07) is 25.7. The minimum atomic E-state index is -1.36. The van der Waals surface area contributed by atoms with Crippen LogP contribution in [0.25, 0.3) is 26.9 Å². The molecule has 0 amide bonds. The van der Waals surface area contributed by atoms with Crippen LogP contribution in [-0.4, -0.2) is 8.24 Å². The molecule has 0 saturated heterocycles. The third-order valence-electron chi connectivity index (χ3n) is 3.52. The van der Waals surface area contributed by atoms with Gasteiger partial charge in [-0.05, 0) is 0 Å². The fourth-order valence-electron chi connectivity index (χ4n) is 2.61. The summed E-state index contributed by atoms with van der Waals surface area (Å²) in [5.41, 5.74) is 2.70. The molecule has 0 aliphatic carbocycles. The average molecular weight is 504 g/mol. The van der Waals surface area contributed by atoms with Crippen molar-refractivity contribution >= 4 is 29.8 Å². The number of aryl methyl sites for hydroxylation is 2. The molecule has 0 spiro atoms. The number of hydrogen-bond donors (Lipinski definition) is 0. The second-order valence-electron chi connectivity index (χ2n) is 7.57. The minimum Gasteiger partial charge on any atom is -0.680 e. The first-order valence-corrected chi connectivity index (χ1v) is 12.2. The summed E-state index contributed by atoms with van der Waals surface area (Å²) in [7, 11) is -1.36. The zero-order chi connectivity index (χ0) is 18.4. The summed E-state index contributed by atoms with van der Waals surface area (Å²) >= 11 is 0. The largest absolute Gasteiger partial charge is 3.00 e. The van der Waals surface area contributed by atoms with Gasteiger partial charge in [0.1, 0.15) is 0 Å². The first-order chi connectivity index (χ1) is 11.7. The quantitative estimate of drug-likeness (QED) is 0.174. The number of fused-ring (bicyclic) bond motifs is 2. The Hall–Kier alpha value is -0.838. The molecule has 137 valence electrons. The van der Waals surface area contributed by atoms with Crippen LogP contribution in [0.2, 0.25) is 19.6 Å². The molecular formula is C23H28GdNSi. The van der Waals surface area contributed by atoms with Crippen LogP contribution in [-0.2, 0) is 0 Å². The normalized spacial score (nSPS) is 10.4. The van der Waals surface area contributed by atoms with E-state index in [9.17, 15) is 0 Å². The van der Waals surface area contributed by atoms with Crippen LogP contribution in [0.4, 0.5) is 0 Å². The monoisotopic (exact) mass is 504 g/mol. The van der Waals surface area contributed by atoms with Gasteiger partial charge in [-0.3, -0.25) is 0 Å². The van der Waals surface area contributed by atoms with E-state index in [0.29, 0.717) is 0 Å². The van der Waals surface area contributed by atoms with Gasteiger partial charge in [-0.25, -0.2) is 0 Å². The Morgan fingerprint density at radius 1 is 0.692 bits per heavy atom. The van der Waals surface area contributed by atoms with E-state index < -0.39 is 8.24 Å². The van der Waals surface area contributed by atoms with E-state index in [1.807, 2.05) is 19.6 Å². The molecule has 26 heavy (non-hydrogen) atoms. The van der Waals surface area contributed by atoms with Crippen molar-refractivity contribution in [3.8, 4) is 0 Å². The van der Waals surface area contributed by atoms with E-state index in [-0.39, 0.29) is 39.9 Å². The van der Waals surface area contributed by atoms with Gasteiger partial charge in [-0.1, -0.05) is 53.9 Å². The Labute approximate surface area is 191 Å². The van der Waals surface area contributed by atoms with Crippen LogP contribution in [0.1, 0.15) is 11.1 Å². The maximum Gasteiger partial charge on any atom is 3.00 e. The second kappa shape index (κ2) is 10.5. The molecule has 0 aliphatic rings. The van der Waals surface area contributed by atoms with Gasteiger partial charge in [0, 0.05) is 0 Å². The third-order valence-corrected chi connectivity index (χ3v) is 3.52. The van der Waals surface area contributed by atoms with Gasteiger partial charge in [-0.2, -0.15) is 12.1 Å². The predicted octanol–water partition coefficient (Wildman–Crippen LogP) is 7.61. The average Bonchev–Trinajstić information content (AvgIpc) is 3.06. The second-order valence-corrected chi connectivity index (χ2v) is 12.1. The van der Waals surface area contributed by atoms with Gasteiger partial charge >= 0.3 is 39.9 Å². The SMILES string of the molecule is C[Si](C)(C)[NH-].Cc1cc2ccccc2[cH-]1.Cc1cc2ccccc2[cH-]1.[Gd+3]. The van der Waals surface area contributed by atoms with Crippen molar-refractivity contribution in [3.05, 3.63) is 89.3 Å². The molecule has 0 aliphatic heterocycles. The van der Waals surface area contributed by atoms with Crippen LogP contribution < -0.4 is 0 Å². The molecule has 4 aromatic rings. The van der Waals surface area contributed by atoms with E-state index in [0.717, 1.165) is 0 Å². The van der Waals surface area contributed by atoms with E-state index in [4.69, 9.17) is 5.40 Å². The van der Waals surface area contributed by atoms with Gasteiger partial charge in [0.15, 0.2) is 0 Å². The first kappa shape index (κ1) is 23.2. The van der Waals surface area contributed by atoms with Crippen LogP contribution in [0.15, 0.2) is 72.8 Å². The zero-order valence-corrected chi connectivity index (χ0v) is 19.6. The van der Waals surface area contributed by atoms with Crippen molar-refractivity contribution in [1.82, 2.24) is 0 Å². The van der Waals surface area contributed by atoms with E-state index in [1.165, 1.54) is 32.7 Å². The van der Waals surface area contributed by atoms with Crippen LogP contribution in [0.3, 0.4) is 0 Å². The van der Waals surface area contributed by atoms with E-state index in [1.54, 1.807) is 0 Å². The molecule has 0 atom stereocenters. The number of nitrogens with one attached hydrogen (secondary N) is 1. The Morgan fingerprint density at radius 2 is 1.00 bits per heavy atom. The molecule has 0 fully saturated rings. The Kier molecular flexibility index (Phi) is 9.36. The molecule has 4 aromatic carbocycles. The zero-order valence-electron chi connectivity index (χ0n) is 16.3. The maximum atomic E-state index is 7.08. The van der Waals surface area contributed by atoms with Gasteiger partial charge < -0.3 is 5.40 Å². The van der Waals surface area contributed by atoms with Gasteiger partial charge in [0.2, 0.25) is 0 Å². The van der Waals surface area contributed by atoms with Crippen LogP contribution in [0.5, 0.6) is 0 Å². The molecular weight excluding hydrogens is 476 g/mol. The molecule has 3 heteroatoms. The van der Waals surface area contributed by atoms with Crippen molar-refractivity contribution in [1.29, 1.82) is 0 Å². The van der Waals surface area contributed by atoms with Gasteiger partial charge in [-0.15, -0.1) is 81.2 Å². The fourth-order valence-corrected chi connectivity index (χ4v) is 2.61. The van der Waals surface area contributed by atoms with E-state index >= 15 is 0 Å². The topological polar surface area (TPSA) is 23.8 Å². The Balaban J connectivity index is 0.000000204. The summed E-state index contributed by atoms with van der Waals surface area (Å²) in [6.07, 6.45) is 0. The van der Waals surface area contributed by atoms with Crippen molar-refractivity contribution in [2.24, 2.45) is 0 Å². The summed E-state index contributed by atoms with van der Waals surface area (Å²) in [5, 5.41) is 12.5. The van der Waals surface area contributed by atoms with Crippen molar-refractivity contribution < 1.29 is 39.9 Å². The number of rotatable bonds is 0. The summed E-state index contributed by atoms with van der Waals surface area (Å²) in [5.74, 6) is 0. The van der Waals surface area contributed by atoms with Crippen molar-refractivity contribution in [2.45, 2.75) is 33.5 Å². The summed E-state index contributed by atoms with van der Waals surface area (Å²) < 4.78 is 0. The number of benzene rings is 2.